The first kappa shape index (κ1) is 25.5. The minimum atomic E-state index is -0.836. The number of aliphatic hydroxyl groups is 1. The zero-order valence-corrected chi connectivity index (χ0v) is 22.6. The number of rotatable bonds is 8. The summed E-state index contributed by atoms with van der Waals surface area (Å²) in [6.45, 7) is 3.47. The van der Waals surface area contributed by atoms with E-state index in [1.54, 1.807) is 18.3 Å². The summed E-state index contributed by atoms with van der Waals surface area (Å²) in [6.07, 6.45) is -0.836. The molecule has 4 heterocycles. The molecule has 1 fully saturated rings. The van der Waals surface area contributed by atoms with Crippen LogP contribution in [0.3, 0.4) is 0 Å². The molecule has 0 saturated carbocycles. The van der Waals surface area contributed by atoms with E-state index in [9.17, 15) is 24.8 Å². The quantitative estimate of drug-likeness (QED) is 0.143. The van der Waals surface area contributed by atoms with E-state index in [1.807, 2.05) is 36.6 Å². The molecule has 0 unspecified atom stereocenters. The first-order valence-electron chi connectivity index (χ1n) is 12.4. The summed E-state index contributed by atoms with van der Waals surface area (Å²) in [7, 11) is 0. The van der Waals surface area contributed by atoms with Crippen molar-refractivity contribution >= 4 is 56.7 Å². The molecule has 6 rings (SSSR count). The Labute approximate surface area is 231 Å². The number of benzene rings is 2. The van der Waals surface area contributed by atoms with Crippen molar-refractivity contribution in [2.24, 2.45) is 11.8 Å². The first-order valence-corrected chi connectivity index (χ1v) is 14.2. The van der Waals surface area contributed by atoms with Crippen LogP contribution < -0.4 is 0 Å². The molecular formula is C27H24N4O6S2. The van der Waals surface area contributed by atoms with Crippen LogP contribution in [0.5, 0.6) is 0 Å². The number of para-hydroxylation sites is 2. The molecule has 200 valence electrons. The summed E-state index contributed by atoms with van der Waals surface area (Å²) in [4.78, 5) is 44.6. The van der Waals surface area contributed by atoms with Crippen molar-refractivity contribution in [1.82, 2.24) is 14.3 Å². The lowest BCUT2D eigenvalue weighted by Crippen LogP contribution is -2.63. The predicted molar refractivity (Wildman–Crippen MR) is 147 cm³/mol. The molecule has 0 radical (unpaired) electrons. The molecule has 4 aromatic rings. The van der Waals surface area contributed by atoms with Gasteiger partial charge in [-0.1, -0.05) is 19.1 Å². The van der Waals surface area contributed by atoms with Gasteiger partial charge in [-0.25, -0.2) is 9.78 Å². The zero-order chi connectivity index (χ0) is 27.4. The summed E-state index contributed by atoms with van der Waals surface area (Å²) >= 11 is 3.04. The molecule has 0 bridgehead atoms. The number of fused-ring (bicyclic) bond motifs is 4. The second-order valence-corrected chi connectivity index (χ2v) is 11.6. The summed E-state index contributed by atoms with van der Waals surface area (Å²) in [6, 6.07) is 13.4. The van der Waals surface area contributed by atoms with Crippen molar-refractivity contribution in [1.29, 1.82) is 0 Å². The number of hydrogen-bond donors (Lipinski definition) is 1. The van der Waals surface area contributed by atoms with Gasteiger partial charge in [-0.3, -0.25) is 19.3 Å². The number of nitrogens with zero attached hydrogens (tertiary/aromatic N) is 4. The van der Waals surface area contributed by atoms with E-state index in [4.69, 9.17) is 4.74 Å². The van der Waals surface area contributed by atoms with Crippen molar-refractivity contribution in [2.45, 2.75) is 38.4 Å². The minimum Gasteiger partial charge on any atom is -0.456 e. The van der Waals surface area contributed by atoms with Crippen molar-refractivity contribution in [3.05, 3.63) is 85.9 Å². The number of thioether (sulfide) groups is 1. The van der Waals surface area contributed by atoms with E-state index < -0.39 is 22.9 Å². The SMILES string of the molecule is C[C@@H](O)[C@H]1C(=O)N2C(C(=O)OCc3ccc([N+](=O)[O-])cc3)=C(SCc3csc4nc5ccccc5n34)[C@H](C)[C@H]12. The number of aromatic nitrogens is 2. The highest BCUT2D eigenvalue weighted by molar-refractivity contribution is 8.02. The Hall–Kier alpha value is -3.74. The van der Waals surface area contributed by atoms with Gasteiger partial charge >= 0.3 is 5.97 Å². The lowest BCUT2D eigenvalue weighted by atomic mass is 9.79. The standard InChI is InChI=1S/C27H24N4O6S2/c1-14-22-21(15(2)32)25(33)30(22)23(26(34)37-11-16-7-9-17(10-8-16)31(35)36)24(14)38-12-18-13-39-27-28-19-5-3-4-6-20(19)29(18)27/h3-10,13-15,21-22,32H,11-12H2,1-2H3/t14-,15-,21-,22-/m1/s1. The fourth-order valence-corrected chi connectivity index (χ4v) is 7.67. The smallest absolute Gasteiger partial charge is 0.356 e. The van der Waals surface area contributed by atoms with Crippen LogP contribution in [0.25, 0.3) is 16.0 Å². The van der Waals surface area contributed by atoms with Gasteiger partial charge in [0, 0.05) is 39.8 Å². The van der Waals surface area contributed by atoms with E-state index in [1.165, 1.54) is 40.9 Å². The zero-order valence-electron chi connectivity index (χ0n) is 21.0. The number of aliphatic hydroxyl groups excluding tert-OH is 1. The molecule has 2 aliphatic rings. The van der Waals surface area contributed by atoms with Gasteiger partial charge in [0.05, 0.1) is 34.0 Å². The third-order valence-electron chi connectivity index (χ3n) is 7.31. The molecule has 39 heavy (non-hydrogen) atoms. The number of nitro benzene ring substituents is 1. The van der Waals surface area contributed by atoms with Gasteiger partial charge in [0.15, 0.2) is 4.96 Å². The van der Waals surface area contributed by atoms with E-state index >= 15 is 0 Å². The Bertz CT molecular complexity index is 1660. The molecule has 2 aliphatic heterocycles. The highest BCUT2D eigenvalue weighted by Crippen LogP contribution is 2.51. The number of thiazole rings is 1. The van der Waals surface area contributed by atoms with Gasteiger partial charge in [-0.05, 0) is 36.8 Å². The van der Waals surface area contributed by atoms with E-state index in [-0.39, 0.29) is 35.9 Å². The van der Waals surface area contributed by atoms with E-state index in [0.29, 0.717) is 11.3 Å². The van der Waals surface area contributed by atoms with Gasteiger partial charge in [0.1, 0.15) is 12.3 Å². The maximum absolute atomic E-state index is 13.4. The highest BCUT2D eigenvalue weighted by Gasteiger charge is 2.60. The average molecular weight is 565 g/mol. The normalized spacial score (nSPS) is 21.4. The topological polar surface area (TPSA) is 127 Å². The van der Waals surface area contributed by atoms with Crippen LogP contribution in [-0.4, -0.2) is 48.3 Å². The Morgan fingerprint density at radius 3 is 2.72 bits per heavy atom. The average Bonchev–Trinajstić information content (AvgIpc) is 3.55. The number of non-ortho nitro benzene ring substituents is 1. The third kappa shape index (κ3) is 4.19. The van der Waals surface area contributed by atoms with Crippen LogP contribution >= 0.6 is 23.1 Å². The molecule has 10 nitrogen and oxygen atoms in total. The van der Waals surface area contributed by atoms with Crippen molar-refractivity contribution in [3.8, 4) is 0 Å². The Balaban J connectivity index is 1.28. The Kier molecular flexibility index (Phi) is 6.40. The van der Waals surface area contributed by atoms with Gasteiger partial charge < -0.3 is 14.7 Å². The molecule has 1 saturated heterocycles. The van der Waals surface area contributed by atoms with Crippen LogP contribution in [0.2, 0.25) is 0 Å². The third-order valence-corrected chi connectivity index (χ3v) is 9.50. The largest absolute Gasteiger partial charge is 0.456 e. The Morgan fingerprint density at radius 1 is 1.26 bits per heavy atom. The van der Waals surface area contributed by atoms with Crippen LogP contribution in [0.4, 0.5) is 5.69 Å². The van der Waals surface area contributed by atoms with Gasteiger partial charge in [0.25, 0.3) is 5.69 Å². The highest BCUT2D eigenvalue weighted by atomic mass is 32.2. The number of carbonyl (C=O) groups excluding carboxylic acids is 2. The predicted octanol–water partition coefficient (Wildman–Crippen LogP) is 4.50. The molecule has 2 aromatic heterocycles. The molecule has 0 spiro atoms. The van der Waals surface area contributed by atoms with E-state index in [0.717, 1.165) is 26.6 Å². The molecular weight excluding hydrogens is 540 g/mol. The fourth-order valence-electron chi connectivity index (χ4n) is 5.42. The lowest BCUT2D eigenvalue weighted by molar-refractivity contribution is -0.384. The summed E-state index contributed by atoms with van der Waals surface area (Å²) in [5.74, 6) is -1.12. The summed E-state index contributed by atoms with van der Waals surface area (Å²) < 4.78 is 7.70. The molecule has 1 amide bonds. The number of β-lactam (4-membered cyclic amide) rings is 1. The van der Waals surface area contributed by atoms with Gasteiger partial charge in [-0.15, -0.1) is 23.1 Å². The second kappa shape index (κ2) is 9.78. The first-order chi connectivity index (χ1) is 18.8. The fraction of sp³-hybridized carbons (Fsp3) is 0.296. The van der Waals surface area contributed by atoms with Crippen molar-refractivity contribution in [2.75, 3.05) is 0 Å². The van der Waals surface area contributed by atoms with Crippen LogP contribution in [0.15, 0.2) is 64.5 Å². The molecule has 2 aromatic carbocycles. The summed E-state index contributed by atoms with van der Waals surface area (Å²) in [5, 5.41) is 23.2. The lowest BCUT2D eigenvalue weighted by Gasteiger charge is -2.46. The van der Waals surface area contributed by atoms with Gasteiger partial charge in [0.2, 0.25) is 5.91 Å². The van der Waals surface area contributed by atoms with Crippen LogP contribution in [0.1, 0.15) is 25.1 Å². The number of hydrogen-bond acceptors (Lipinski definition) is 9. The summed E-state index contributed by atoms with van der Waals surface area (Å²) in [5.41, 5.74) is 3.70. The minimum absolute atomic E-state index is 0.0533. The van der Waals surface area contributed by atoms with Crippen LogP contribution in [0, 0.1) is 22.0 Å². The monoisotopic (exact) mass is 564 g/mol. The van der Waals surface area contributed by atoms with Crippen molar-refractivity contribution < 1.29 is 24.4 Å². The van der Waals surface area contributed by atoms with Gasteiger partial charge in [-0.2, -0.15) is 0 Å². The van der Waals surface area contributed by atoms with E-state index in [2.05, 4.69) is 9.38 Å². The number of ether oxygens (including phenoxy) is 1. The number of carbonyl (C=O) groups is 2. The second-order valence-electron chi connectivity index (χ2n) is 9.70. The molecule has 0 aliphatic carbocycles. The number of imidazole rings is 1. The Morgan fingerprint density at radius 2 is 2.00 bits per heavy atom. The maximum Gasteiger partial charge on any atom is 0.356 e. The number of esters is 1. The van der Waals surface area contributed by atoms with Crippen molar-refractivity contribution in [3.63, 3.8) is 0 Å². The molecule has 12 heteroatoms. The number of amides is 1. The molecule has 4 atom stereocenters. The molecule has 1 N–H and O–H groups in total. The maximum atomic E-state index is 13.4. The number of nitro groups is 1. The van der Waals surface area contributed by atoms with Crippen LogP contribution in [-0.2, 0) is 26.7 Å².